The maximum absolute atomic E-state index is 4.42. The summed E-state index contributed by atoms with van der Waals surface area (Å²) in [5.74, 6) is 0.967. The molecule has 6 nitrogen and oxygen atoms in total. The molecule has 1 N–H and O–H groups in total. The van der Waals surface area contributed by atoms with Gasteiger partial charge in [-0.05, 0) is 27.7 Å². The summed E-state index contributed by atoms with van der Waals surface area (Å²) >= 11 is 0. The summed E-state index contributed by atoms with van der Waals surface area (Å²) in [4.78, 5) is 4.29. The molecule has 0 aromatic carbocycles. The topological polar surface area (TPSA) is 60.6 Å². The van der Waals surface area contributed by atoms with Crippen LogP contribution in [0, 0.1) is 13.8 Å². The molecule has 0 spiro atoms. The third-order valence-electron chi connectivity index (χ3n) is 3.38. The molecule has 0 unspecified atom stereocenters. The van der Waals surface area contributed by atoms with Gasteiger partial charge in [0.15, 0.2) is 0 Å². The maximum atomic E-state index is 4.42. The number of aryl methyl sites for hydroxylation is 2. The Kier molecular flexibility index (Phi) is 3.99. The van der Waals surface area contributed by atoms with Crippen LogP contribution < -0.4 is 5.32 Å². The van der Waals surface area contributed by atoms with E-state index in [-0.39, 0.29) is 0 Å². The highest BCUT2D eigenvalue weighted by atomic mass is 15.4. The van der Waals surface area contributed by atoms with Gasteiger partial charge in [0.1, 0.15) is 12.2 Å². The van der Waals surface area contributed by atoms with Gasteiger partial charge in [-0.25, -0.2) is 9.67 Å². The SMILES string of the molecule is Cc1nn(C)c(C)c1CNCc1ncnn1C(C)C. The molecule has 0 aliphatic heterocycles. The predicted molar refractivity (Wildman–Crippen MR) is 73.6 cm³/mol. The fourth-order valence-corrected chi connectivity index (χ4v) is 2.20. The molecule has 2 aromatic heterocycles. The van der Waals surface area contributed by atoms with Gasteiger partial charge in [0.25, 0.3) is 0 Å². The highest BCUT2D eigenvalue weighted by Crippen LogP contribution is 2.11. The molecule has 0 aliphatic rings. The van der Waals surface area contributed by atoms with Crippen molar-refractivity contribution in [2.75, 3.05) is 0 Å². The third-order valence-corrected chi connectivity index (χ3v) is 3.38. The second kappa shape index (κ2) is 5.52. The lowest BCUT2D eigenvalue weighted by molar-refractivity contribution is 0.489. The average molecular weight is 262 g/mol. The van der Waals surface area contributed by atoms with Crippen LogP contribution in [0.3, 0.4) is 0 Å². The lowest BCUT2D eigenvalue weighted by Crippen LogP contribution is -2.19. The summed E-state index contributed by atoms with van der Waals surface area (Å²) < 4.78 is 3.86. The number of nitrogens with zero attached hydrogens (tertiary/aromatic N) is 5. The van der Waals surface area contributed by atoms with Crippen LogP contribution in [0.5, 0.6) is 0 Å². The lowest BCUT2D eigenvalue weighted by atomic mass is 10.2. The Morgan fingerprint density at radius 2 is 2.00 bits per heavy atom. The van der Waals surface area contributed by atoms with E-state index in [4.69, 9.17) is 0 Å². The van der Waals surface area contributed by atoms with Gasteiger partial charge in [0.2, 0.25) is 0 Å². The zero-order valence-electron chi connectivity index (χ0n) is 12.3. The molecule has 0 bridgehead atoms. The summed E-state index contributed by atoms with van der Waals surface area (Å²) in [6.45, 7) is 9.86. The molecule has 0 saturated heterocycles. The minimum Gasteiger partial charge on any atom is -0.306 e. The van der Waals surface area contributed by atoms with E-state index in [1.807, 2.05) is 23.3 Å². The van der Waals surface area contributed by atoms with E-state index in [2.05, 4.69) is 41.3 Å². The van der Waals surface area contributed by atoms with Crippen LogP contribution >= 0.6 is 0 Å². The molecule has 0 aliphatic carbocycles. The molecule has 6 heteroatoms. The molecule has 0 radical (unpaired) electrons. The number of rotatable bonds is 5. The summed E-state index contributed by atoms with van der Waals surface area (Å²) in [5, 5.41) is 12.1. The highest BCUT2D eigenvalue weighted by Gasteiger charge is 2.10. The molecular formula is C13H22N6. The molecule has 0 amide bonds. The van der Waals surface area contributed by atoms with E-state index in [0.717, 1.165) is 18.1 Å². The molecule has 2 heterocycles. The Bertz CT molecular complexity index is 551. The van der Waals surface area contributed by atoms with Crippen molar-refractivity contribution in [1.82, 2.24) is 29.9 Å². The summed E-state index contributed by atoms with van der Waals surface area (Å²) in [5.41, 5.74) is 3.55. The van der Waals surface area contributed by atoms with Crippen LogP contribution in [0.2, 0.25) is 0 Å². The van der Waals surface area contributed by atoms with Crippen molar-refractivity contribution >= 4 is 0 Å². The molecule has 2 aromatic rings. The van der Waals surface area contributed by atoms with Crippen molar-refractivity contribution in [2.24, 2.45) is 7.05 Å². The Hall–Kier alpha value is -1.69. The van der Waals surface area contributed by atoms with Crippen molar-refractivity contribution in [2.45, 2.75) is 46.8 Å². The smallest absolute Gasteiger partial charge is 0.141 e. The number of nitrogens with one attached hydrogen (secondary N) is 1. The maximum Gasteiger partial charge on any atom is 0.141 e. The zero-order valence-corrected chi connectivity index (χ0v) is 12.3. The minimum absolute atomic E-state index is 0.334. The summed E-state index contributed by atoms with van der Waals surface area (Å²) in [6.07, 6.45) is 1.61. The van der Waals surface area contributed by atoms with Gasteiger partial charge in [-0.1, -0.05) is 0 Å². The van der Waals surface area contributed by atoms with Crippen LogP contribution in [-0.2, 0) is 20.1 Å². The van der Waals surface area contributed by atoms with Gasteiger partial charge >= 0.3 is 0 Å². The van der Waals surface area contributed by atoms with E-state index in [1.54, 1.807) is 6.33 Å². The first-order valence-corrected chi connectivity index (χ1v) is 6.59. The van der Waals surface area contributed by atoms with Crippen molar-refractivity contribution in [1.29, 1.82) is 0 Å². The van der Waals surface area contributed by atoms with Crippen LogP contribution in [0.15, 0.2) is 6.33 Å². The third kappa shape index (κ3) is 2.84. The number of hydrogen-bond donors (Lipinski definition) is 1. The van der Waals surface area contributed by atoms with Gasteiger partial charge in [-0.3, -0.25) is 4.68 Å². The fourth-order valence-electron chi connectivity index (χ4n) is 2.20. The molecule has 104 valence electrons. The number of hydrogen-bond acceptors (Lipinski definition) is 4. The lowest BCUT2D eigenvalue weighted by Gasteiger charge is -2.10. The monoisotopic (exact) mass is 262 g/mol. The van der Waals surface area contributed by atoms with Gasteiger partial charge < -0.3 is 5.32 Å². The van der Waals surface area contributed by atoms with E-state index in [9.17, 15) is 0 Å². The van der Waals surface area contributed by atoms with E-state index >= 15 is 0 Å². The van der Waals surface area contributed by atoms with Crippen LogP contribution in [0.25, 0.3) is 0 Å². The molecule has 19 heavy (non-hydrogen) atoms. The van der Waals surface area contributed by atoms with Crippen molar-refractivity contribution in [3.63, 3.8) is 0 Å². The standard InChI is InChI=1S/C13H22N6/c1-9(2)19-13(15-8-16-19)7-14-6-12-10(3)17-18(5)11(12)4/h8-9,14H,6-7H2,1-5H3. The first-order valence-electron chi connectivity index (χ1n) is 6.59. The molecule has 0 fully saturated rings. The minimum atomic E-state index is 0.334. The van der Waals surface area contributed by atoms with E-state index < -0.39 is 0 Å². The van der Waals surface area contributed by atoms with Gasteiger partial charge in [0.05, 0.1) is 12.2 Å². The first kappa shape index (κ1) is 13.7. The average Bonchev–Trinajstić information content (AvgIpc) is 2.89. The Labute approximate surface area is 113 Å². The quantitative estimate of drug-likeness (QED) is 0.887. The molecular weight excluding hydrogens is 240 g/mol. The van der Waals surface area contributed by atoms with Gasteiger partial charge in [0, 0.05) is 30.9 Å². The number of aromatic nitrogens is 5. The Morgan fingerprint density at radius 3 is 2.58 bits per heavy atom. The van der Waals surface area contributed by atoms with Crippen molar-refractivity contribution in [3.05, 3.63) is 29.1 Å². The second-order valence-corrected chi connectivity index (χ2v) is 5.09. The van der Waals surface area contributed by atoms with E-state index in [0.29, 0.717) is 12.6 Å². The summed E-state index contributed by atoms with van der Waals surface area (Å²) in [7, 11) is 1.97. The summed E-state index contributed by atoms with van der Waals surface area (Å²) in [6, 6.07) is 0.334. The molecule has 2 rings (SSSR count). The largest absolute Gasteiger partial charge is 0.306 e. The van der Waals surface area contributed by atoms with Gasteiger partial charge in [-0.15, -0.1) is 0 Å². The predicted octanol–water partition coefficient (Wildman–Crippen LogP) is 1.50. The van der Waals surface area contributed by atoms with Gasteiger partial charge in [-0.2, -0.15) is 10.2 Å². The fraction of sp³-hybridized carbons (Fsp3) is 0.615. The van der Waals surface area contributed by atoms with Crippen LogP contribution in [0.4, 0.5) is 0 Å². The van der Waals surface area contributed by atoms with Crippen molar-refractivity contribution < 1.29 is 0 Å². The normalized spacial score (nSPS) is 11.5. The highest BCUT2D eigenvalue weighted by molar-refractivity contribution is 5.23. The zero-order chi connectivity index (χ0) is 14.0. The van der Waals surface area contributed by atoms with E-state index in [1.165, 1.54) is 11.3 Å². The molecule has 0 saturated carbocycles. The Morgan fingerprint density at radius 1 is 1.26 bits per heavy atom. The van der Waals surface area contributed by atoms with Crippen LogP contribution in [0.1, 0.15) is 42.7 Å². The van der Waals surface area contributed by atoms with Crippen LogP contribution in [-0.4, -0.2) is 24.5 Å². The Balaban J connectivity index is 1.98. The molecule has 0 atom stereocenters. The first-order chi connectivity index (χ1) is 9.00. The van der Waals surface area contributed by atoms with Crippen molar-refractivity contribution in [3.8, 4) is 0 Å². The second-order valence-electron chi connectivity index (χ2n) is 5.09.